The number of hydrazine groups is 1. The van der Waals surface area contributed by atoms with Crippen molar-refractivity contribution in [1.29, 1.82) is 0 Å². The number of nitrogens with zero attached hydrogens (tertiary/aromatic N) is 4. The molecule has 3 heterocycles. The van der Waals surface area contributed by atoms with E-state index in [9.17, 15) is 0 Å². The Balaban J connectivity index is 1.29. The van der Waals surface area contributed by atoms with E-state index < -0.39 is 0 Å². The van der Waals surface area contributed by atoms with Crippen LogP contribution in [0.4, 0.5) is 5.82 Å². The van der Waals surface area contributed by atoms with Crippen LogP contribution < -0.4 is 15.8 Å². The lowest BCUT2D eigenvalue weighted by molar-refractivity contribution is 0.357. The van der Waals surface area contributed by atoms with Gasteiger partial charge in [-0.2, -0.15) is 0 Å². The fourth-order valence-corrected chi connectivity index (χ4v) is 3.90. The quantitative estimate of drug-likeness (QED) is 0.635. The van der Waals surface area contributed by atoms with Crippen molar-refractivity contribution in [3.05, 3.63) is 54.0 Å². The normalized spacial score (nSPS) is 19.8. The Labute approximate surface area is 159 Å². The van der Waals surface area contributed by atoms with Crippen LogP contribution in [0.5, 0.6) is 0 Å². The van der Waals surface area contributed by atoms with Crippen LogP contribution in [0.15, 0.2) is 42.7 Å². The topological polar surface area (TPSA) is 56.3 Å². The molecular weight excluding hydrogens is 344 g/mol. The van der Waals surface area contributed by atoms with E-state index in [0.29, 0.717) is 0 Å². The first-order valence-corrected chi connectivity index (χ1v) is 9.62. The summed E-state index contributed by atoms with van der Waals surface area (Å²) in [5.74, 6) is 1.04. The van der Waals surface area contributed by atoms with Crippen molar-refractivity contribution < 1.29 is 0 Å². The molecule has 0 saturated carbocycles. The Hall–Kier alpha value is -2.25. The number of hydrogen-bond acceptors (Lipinski definition) is 5. The summed E-state index contributed by atoms with van der Waals surface area (Å²) in [7, 11) is 0. The van der Waals surface area contributed by atoms with Gasteiger partial charge in [-0.3, -0.25) is 10.4 Å². The molecule has 0 amide bonds. The third-order valence-electron chi connectivity index (χ3n) is 5.09. The summed E-state index contributed by atoms with van der Waals surface area (Å²) in [6.07, 6.45) is 7.07. The Morgan fingerprint density at radius 2 is 1.88 bits per heavy atom. The number of anilines is 1. The highest BCUT2D eigenvalue weighted by molar-refractivity contribution is 7.80. The van der Waals surface area contributed by atoms with E-state index in [1.807, 2.05) is 30.6 Å². The minimum absolute atomic E-state index is 0.215. The van der Waals surface area contributed by atoms with E-state index in [4.69, 9.17) is 12.2 Å². The molecule has 1 atom stereocenters. The van der Waals surface area contributed by atoms with E-state index in [2.05, 4.69) is 42.8 Å². The second kappa shape index (κ2) is 7.97. The van der Waals surface area contributed by atoms with Crippen molar-refractivity contribution in [2.45, 2.75) is 25.3 Å². The van der Waals surface area contributed by atoms with Gasteiger partial charge in [-0.05, 0) is 55.2 Å². The Morgan fingerprint density at radius 1 is 1.04 bits per heavy atom. The first-order valence-electron chi connectivity index (χ1n) is 9.21. The molecule has 6 nitrogen and oxygen atoms in total. The van der Waals surface area contributed by atoms with Gasteiger partial charge in [0.15, 0.2) is 5.11 Å². The predicted molar refractivity (Wildman–Crippen MR) is 107 cm³/mol. The minimum atomic E-state index is 0.215. The van der Waals surface area contributed by atoms with E-state index in [0.717, 1.165) is 55.6 Å². The minimum Gasteiger partial charge on any atom is -0.353 e. The third kappa shape index (κ3) is 3.78. The fraction of sp³-hybridized carbons (Fsp3) is 0.421. The molecule has 1 unspecified atom stereocenters. The lowest BCUT2D eigenvalue weighted by atomic mass is 9.92. The second-order valence-corrected chi connectivity index (χ2v) is 7.12. The van der Waals surface area contributed by atoms with Crippen molar-refractivity contribution >= 4 is 23.1 Å². The van der Waals surface area contributed by atoms with Crippen LogP contribution in [-0.2, 0) is 6.42 Å². The molecule has 7 heteroatoms. The van der Waals surface area contributed by atoms with Crippen LogP contribution in [0, 0.1) is 0 Å². The zero-order valence-electron chi connectivity index (χ0n) is 14.8. The van der Waals surface area contributed by atoms with Gasteiger partial charge in [0.05, 0.1) is 11.7 Å². The maximum absolute atomic E-state index is 5.59. The molecule has 1 saturated heterocycles. The lowest BCUT2D eigenvalue weighted by Crippen LogP contribution is -2.55. The second-order valence-electron chi connectivity index (χ2n) is 6.73. The Morgan fingerprint density at radius 3 is 2.69 bits per heavy atom. The molecule has 2 aromatic rings. The summed E-state index contributed by atoms with van der Waals surface area (Å²) < 4.78 is 0. The van der Waals surface area contributed by atoms with Crippen molar-refractivity contribution in [1.82, 2.24) is 25.7 Å². The largest absolute Gasteiger partial charge is 0.353 e. The maximum Gasteiger partial charge on any atom is 0.183 e. The van der Waals surface area contributed by atoms with E-state index in [1.165, 1.54) is 12.0 Å². The molecule has 0 radical (unpaired) electrons. The summed E-state index contributed by atoms with van der Waals surface area (Å²) in [5, 5.41) is 0.758. The number of fused-ring (bicyclic) bond motifs is 1. The molecule has 1 fully saturated rings. The lowest BCUT2D eigenvalue weighted by Gasteiger charge is -2.37. The van der Waals surface area contributed by atoms with Crippen LogP contribution in [0.1, 0.15) is 30.1 Å². The van der Waals surface area contributed by atoms with Gasteiger partial charge in [-0.25, -0.2) is 10.4 Å². The number of hydrogen-bond donors (Lipinski definition) is 2. The summed E-state index contributed by atoms with van der Waals surface area (Å²) in [5.41, 5.74) is 9.14. The molecule has 0 aromatic carbocycles. The summed E-state index contributed by atoms with van der Waals surface area (Å²) in [6, 6.07) is 10.4. The van der Waals surface area contributed by atoms with Gasteiger partial charge < -0.3 is 9.80 Å². The van der Waals surface area contributed by atoms with E-state index >= 15 is 0 Å². The van der Waals surface area contributed by atoms with Crippen molar-refractivity contribution in [3.63, 3.8) is 0 Å². The first kappa shape index (κ1) is 17.2. The summed E-state index contributed by atoms with van der Waals surface area (Å²) in [4.78, 5) is 13.5. The number of nitrogens with one attached hydrogen (secondary N) is 2. The third-order valence-corrected chi connectivity index (χ3v) is 5.45. The number of aromatic nitrogens is 2. The molecule has 0 spiro atoms. The van der Waals surface area contributed by atoms with Crippen molar-refractivity contribution in [3.8, 4) is 0 Å². The van der Waals surface area contributed by atoms with Gasteiger partial charge in [0.2, 0.25) is 0 Å². The van der Waals surface area contributed by atoms with Gasteiger partial charge in [0.25, 0.3) is 0 Å². The number of thiocarbonyl (C=S) groups is 1. The van der Waals surface area contributed by atoms with Crippen molar-refractivity contribution in [2.75, 3.05) is 31.1 Å². The van der Waals surface area contributed by atoms with Crippen LogP contribution in [0.2, 0.25) is 0 Å². The SMILES string of the molecule is S=C(NNC1CCCc2cccnc21)N1CCN(c2ccccn2)CC1. The van der Waals surface area contributed by atoms with Gasteiger partial charge >= 0.3 is 0 Å². The first-order chi connectivity index (χ1) is 12.8. The number of aryl methyl sites for hydroxylation is 1. The molecule has 26 heavy (non-hydrogen) atoms. The molecule has 4 rings (SSSR count). The predicted octanol–water partition coefficient (Wildman–Crippen LogP) is 2.06. The monoisotopic (exact) mass is 368 g/mol. The molecule has 136 valence electrons. The fourth-order valence-electron chi connectivity index (χ4n) is 3.66. The molecule has 2 aromatic heterocycles. The smallest absolute Gasteiger partial charge is 0.183 e. The Bertz CT molecular complexity index is 745. The maximum atomic E-state index is 5.59. The van der Waals surface area contributed by atoms with E-state index in [1.54, 1.807) is 0 Å². The van der Waals surface area contributed by atoms with Crippen molar-refractivity contribution in [2.24, 2.45) is 0 Å². The van der Waals surface area contributed by atoms with Gasteiger partial charge in [0, 0.05) is 38.6 Å². The summed E-state index contributed by atoms with van der Waals surface area (Å²) in [6.45, 7) is 3.63. The highest BCUT2D eigenvalue weighted by atomic mass is 32.1. The highest BCUT2D eigenvalue weighted by Gasteiger charge is 2.23. The van der Waals surface area contributed by atoms with Gasteiger partial charge in [-0.1, -0.05) is 12.1 Å². The molecule has 2 aliphatic rings. The summed E-state index contributed by atoms with van der Waals surface area (Å²) >= 11 is 5.59. The molecule has 1 aliphatic heterocycles. The zero-order valence-corrected chi connectivity index (χ0v) is 15.6. The Kier molecular flexibility index (Phi) is 5.26. The standard InChI is InChI=1S/C19H24N6S/c26-19(23-22-16-7-3-5-15-6-4-10-21-18(15)16)25-13-11-24(12-14-25)17-8-1-2-9-20-17/h1-2,4,6,8-10,16,22H,3,5,7,11-14H2,(H,23,26). The average molecular weight is 369 g/mol. The van der Waals surface area contributed by atoms with Crippen LogP contribution in [0.25, 0.3) is 0 Å². The number of rotatable bonds is 3. The van der Waals surface area contributed by atoms with Gasteiger partial charge in [-0.15, -0.1) is 0 Å². The molecular formula is C19H24N6S. The van der Waals surface area contributed by atoms with E-state index in [-0.39, 0.29) is 6.04 Å². The zero-order chi connectivity index (χ0) is 17.8. The van der Waals surface area contributed by atoms with Crippen LogP contribution in [-0.4, -0.2) is 46.2 Å². The molecule has 0 bridgehead atoms. The molecule has 1 aliphatic carbocycles. The van der Waals surface area contributed by atoms with Gasteiger partial charge in [0.1, 0.15) is 5.82 Å². The number of piperazine rings is 1. The van der Waals surface area contributed by atoms with Crippen LogP contribution in [0.3, 0.4) is 0 Å². The highest BCUT2D eigenvalue weighted by Crippen LogP contribution is 2.27. The number of pyridine rings is 2. The average Bonchev–Trinajstić information content (AvgIpc) is 2.73. The van der Waals surface area contributed by atoms with Crippen LogP contribution >= 0.6 is 12.2 Å². The molecule has 2 N–H and O–H groups in total.